The third-order valence-corrected chi connectivity index (χ3v) is 3.53. The van der Waals surface area contributed by atoms with E-state index in [1.807, 2.05) is 12.1 Å². The number of methoxy groups -OCH3 is 3. The molecule has 2 N–H and O–H groups in total. The number of hydrogen-bond donors (Lipinski definition) is 1. The lowest BCUT2D eigenvalue weighted by Crippen LogP contribution is -2.13. The molecule has 1 rings (SSSR count). The molecule has 0 saturated carbocycles. The van der Waals surface area contributed by atoms with E-state index in [0.29, 0.717) is 6.61 Å². The predicted molar refractivity (Wildman–Crippen MR) is 75.3 cm³/mol. The van der Waals surface area contributed by atoms with Crippen molar-refractivity contribution in [3.63, 3.8) is 0 Å². The van der Waals surface area contributed by atoms with Gasteiger partial charge in [0.2, 0.25) is 0 Å². The fourth-order valence-electron chi connectivity index (χ4n) is 1.81. The molecule has 0 saturated heterocycles. The highest BCUT2D eigenvalue weighted by molar-refractivity contribution is 9.10. The van der Waals surface area contributed by atoms with E-state index in [1.54, 1.807) is 21.3 Å². The standard InChI is InChI=1S/C13H20BrNO3/c1-16-8-4-5-10(15)9-6-7-11(17-2)12(14)13(9)18-3/h6-7,10H,4-5,8,15H2,1-3H3. The van der Waals surface area contributed by atoms with Crippen molar-refractivity contribution in [1.29, 1.82) is 0 Å². The van der Waals surface area contributed by atoms with Crippen LogP contribution in [0.1, 0.15) is 24.4 Å². The molecule has 0 aliphatic carbocycles. The minimum absolute atomic E-state index is 0.0719. The van der Waals surface area contributed by atoms with Crippen molar-refractivity contribution in [3.8, 4) is 11.5 Å². The molecule has 0 radical (unpaired) electrons. The largest absolute Gasteiger partial charge is 0.495 e. The highest BCUT2D eigenvalue weighted by Gasteiger charge is 2.17. The lowest BCUT2D eigenvalue weighted by molar-refractivity contribution is 0.190. The van der Waals surface area contributed by atoms with E-state index >= 15 is 0 Å². The fourth-order valence-corrected chi connectivity index (χ4v) is 2.50. The Balaban J connectivity index is 2.90. The van der Waals surface area contributed by atoms with Crippen molar-refractivity contribution < 1.29 is 14.2 Å². The van der Waals surface area contributed by atoms with E-state index in [0.717, 1.165) is 34.4 Å². The van der Waals surface area contributed by atoms with E-state index in [9.17, 15) is 0 Å². The summed E-state index contributed by atoms with van der Waals surface area (Å²) in [6.07, 6.45) is 1.77. The summed E-state index contributed by atoms with van der Waals surface area (Å²) in [6.45, 7) is 0.716. The lowest BCUT2D eigenvalue weighted by Gasteiger charge is -2.18. The van der Waals surface area contributed by atoms with Gasteiger partial charge in [-0.05, 0) is 40.9 Å². The minimum atomic E-state index is -0.0719. The normalized spacial score (nSPS) is 12.3. The van der Waals surface area contributed by atoms with Crippen LogP contribution in [0.5, 0.6) is 11.5 Å². The molecule has 1 aromatic carbocycles. The van der Waals surface area contributed by atoms with Gasteiger partial charge >= 0.3 is 0 Å². The second-order valence-corrected chi connectivity index (χ2v) is 4.74. The average Bonchev–Trinajstić information content (AvgIpc) is 2.38. The number of hydrogen-bond acceptors (Lipinski definition) is 4. The number of ether oxygens (including phenoxy) is 3. The van der Waals surface area contributed by atoms with Gasteiger partial charge in [0.1, 0.15) is 16.0 Å². The molecular weight excluding hydrogens is 298 g/mol. The maximum atomic E-state index is 6.18. The predicted octanol–water partition coefficient (Wildman–Crippen LogP) is 2.89. The topological polar surface area (TPSA) is 53.7 Å². The second kappa shape index (κ2) is 7.61. The summed E-state index contributed by atoms with van der Waals surface area (Å²) in [4.78, 5) is 0. The van der Waals surface area contributed by atoms with Crippen LogP contribution in [-0.4, -0.2) is 27.9 Å². The van der Waals surface area contributed by atoms with Crippen molar-refractivity contribution in [2.24, 2.45) is 5.73 Å². The molecule has 0 aromatic heterocycles. The zero-order valence-corrected chi connectivity index (χ0v) is 12.6. The summed E-state index contributed by atoms with van der Waals surface area (Å²) in [6, 6.07) is 3.76. The highest BCUT2D eigenvalue weighted by Crippen LogP contribution is 2.39. The third kappa shape index (κ3) is 3.60. The van der Waals surface area contributed by atoms with Gasteiger partial charge in [-0.15, -0.1) is 0 Å². The lowest BCUT2D eigenvalue weighted by atomic mass is 10.0. The van der Waals surface area contributed by atoms with Crippen LogP contribution in [0.4, 0.5) is 0 Å². The Morgan fingerprint density at radius 2 is 1.94 bits per heavy atom. The molecule has 1 unspecified atom stereocenters. The van der Waals surface area contributed by atoms with Gasteiger partial charge in [-0.3, -0.25) is 0 Å². The van der Waals surface area contributed by atoms with Gasteiger partial charge in [-0.25, -0.2) is 0 Å². The van der Waals surface area contributed by atoms with Gasteiger partial charge in [-0.2, -0.15) is 0 Å². The first-order valence-corrected chi connectivity index (χ1v) is 6.59. The highest BCUT2D eigenvalue weighted by atomic mass is 79.9. The van der Waals surface area contributed by atoms with Gasteiger partial charge in [0, 0.05) is 25.3 Å². The summed E-state index contributed by atoms with van der Waals surface area (Å²) in [5, 5.41) is 0. The van der Waals surface area contributed by atoms with Crippen molar-refractivity contribution in [1.82, 2.24) is 0 Å². The number of halogens is 1. The SMILES string of the molecule is COCCCC(N)c1ccc(OC)c(Br)c1OC. The minimum Gasteiger partial charge on any atom is -0.495 e. The molecule has 4 nitrogen and oxygen atoms in total. The Morgan fingerprint density at radius 3 is 2.50 bits per heavy atom. The first-order chi connectivity index (χ1) is 8.65. The molecule has 0 amide bonds. The molecule has 5 heteroatoms. The van der Waals surface area contributed by atoms with E-state index in [4.69, 9.17) is 19.9 Å². The number of benzene rings is 1. The smallest absolute Gasteiger partial charge is 0.141 e. The summed E-state index contributed by atoms with van der Waals surface area (Å²) in [5.41, 5.74) is 7.15. The van der Waals surface area contributed by atoms with E-state index < -0.39 is 0 Å². The van der Waals surface area contributed by atoms with Crippen molar-refractivity contribution in [2.45, 2.75) is 18.9 Å². The monoisotopic (exact) mass is 317 g/mol. The Hall–Kier alpha value is -0.780. The number of nitrogens with two attached hydrogens (primary N) is 1. The fraction of sp³-hybridized carbons (Fsp3) is 0.538. The zero-order valence-electron chi connectivity index (χ0n) is 11.0. The maximum Gasteiger partial charge on any atom is 0.141 e. The molecule has 0 spiro atoms. The van der Waals surface area contributed by atoms with Crippen molar-refractivity contribution >= 4 is 15.9 Å². The third-order valence-electron chi connectivity index (χ3n) is 2.78. The number of rotatable bonds is 7. The quantitative estimate of drug-likeness (QED) is 0.786. The Kier molecular flexibility index (Phi) is 6.46. The van der Waals surface area contributed by atoms with Crippen LogP contribution in [0.15, 0.2) is 16.6 Å². The first-order valence-electron chi connectivity index (χ1n) is 5.80. The van der Waals surface area contributed by atoms with Crippen LogP contribution in [-0.2, 0) is 4.74 Å². The molecule has 1 atom stereocenters. The van der Waals surface area contributed by atoms with E-state index in [1.165, 1.54) is 0 Å². The zero-order chi connectivity index (χ0) is 13.5. The van der Waals surface area contributed by atoms with Crippen LogP contribution in [0, 0.1) is 0 Å². The molecule has 0 heterocycles. The molecule has 102 valence electrons. The Morgan fingerprint density at radius 1 is 1.22 bits per heavy atom. The maximum absolute atomic E-state index is 6.18. The molecule has 1 aromatic rings. The van der Waals surface area contributed by atoms with Crippen molar-refractivity contribution in [2.75, 3.05) is 27.9 Å². The van der Waals surface area contributed by atoms with Gasteiger partial charge in [0.25, 0.3) is 0 Å². The van der Waals surface area contributed by atoms with Gasteiger partial charge in [0.15, 0.2) is 0 Å². The molecule has 0 fully saturated rings. The van der Waals surface area contributed by atoms with Crippen LogP contribution in [0.2, 0.25) is 0 Å². The van der Waals surface area contributed by atoms with E-state index in [-0.39, 0.29) is 6.04 Å². The summed E-state index contributed by atoms with van der Waals surface area (Å²) in [7, 11) is 4.94. The molecule has 0 bridgehead atoms. The van der Waals surface area contributed by atoms with E-state index in [2.05, 4.69) is 15.9 Å². The van der Waals surface area contributed by atoms with Gasteiger partial charge in [-0.1, -0.05) is 0 Å². The Bertz CT molecular complexity index is 385. The Labute approximate surface area is 117 Å². The molecule has 0 aliphatic heterocycles. The molecule has 0 aliphatic rings. The summed E-state index contributed by atoms with van der Waals surface area (Å²) >= 11 is 3.47. The first kappa shape index (κ1) is 15.3. The molecular formula is C13H20BrNO3. The molecule has 18 heavy (non-hydrogen) atoms. The van der Waals surface area contributed by atoms with Gasteiger partial charge < -0.3 is 19.9 Å². The van der Waals surface area contributed by atoms with Crippen LogP contribution in [0.3, 0.4) is 0 Å². The summed E-state index contributed by atoms with van der Waals surface area (Å²) < 4.78 is 16.5. The van der Waals surface area contributed by atoms with Gasteiger partial charge in [0.05, 0.1) is 14.2 Å². The summed E-state index contributed by atoms with van der Waals surface area (Å²) in [5.74, 6) is 1.47. The van der Waals surface area contributed by atoms with Crippen LogP contribution >= 0.6 is 15.9 Å². The van der Waals surface area contributed by atoms with Crippen LogP contribution in [0.25, 0.3) is 0 Å². The average molecular weight is 318 g/mol. The van der Waals surface area contributed by atoms with Crippen molar-refractivity contribution in [3.05, 3.63) is 22.2 Å². The van der Waals surface area contributed by atoms with Crippen LogP contribution < -0.4 is 15.2 Å². The second-order valence-electron chi connectivity index (χ2n) is 3.95.